The fourth-order valence-electron chi connectivity index (χ4n) is 3.86. The highest BCUT2D eigenvalue weighted by atomic mass is 35.5. The van der Waals surface area contributed by atoms with Gasteiger partial charge in [0.1, 0.15) is 23.8 Å². The van der Waals surface area contributed by atoms with Crippen molar-refractivity contribution in [2.75, 3.05) is 18.6 Å². The Balaban J connectivity index is 1.66. The SMILES string of the molecule is COc1ccc2c(n1)C1(CO2)C(=O)N(Cc2ccc(Cl)o2)c2ccccc21. The maximum atomic E-state index is 13.7. The summed E-state index contributed by atoms with van der Waals surface area (Å²) in [5.74, 6) is 1.55. The van der Waals surface area contributed by atoms with Gasteiger partial charge in [-0.05, 0) is 35.9 Å². The Labute approximate surface area is 160 Å². The first kappa shape index (κ1) is 16.2. The van der Waals surface area contributed by atoms with Crippen LogP contribution in [0.4, 0.5) is 5.69 Å². The number of nitrogens with zero attached hydrogens (tertiary/aromatic N) is 2. The topological polar surface area (TPSA) is 64.8 Å². The highest BCUT2D eigenvalue weighted by Gasteiger charge is 2.58. The highest BCUT2D eigenvalue weighted by Crippen LogP contribution is 2.52. The number of hydrogen-bond acceptors (Lipinski definition) is 5. The van der Waals surface area contributed by atoms with Crippen molar-refractivity contribution in [1.29, 1.82) is 0 Å². The van der Waals surface area contributed by atoms with Crippen molar-refractivity contribution in [3.05, 3.63) is 70.8 Å². The van der Waals surface area contributed by atoms with Gasteiger partial charge in [0.25, 0.3) is 0 Å². The van der Waals surface area contributed by atoms with Crippen LogP contribution < -0.4 is 14.4 Å². The third kappa shape index (κ3) is 2.20. The number of rotatable bonds is 3. The van der Waals surface area contributed by atoms with Crippen molar-refractivity contribution in [2.24, 2.45) is 0 Å². The third-order valence-corrected chi connectivity index (χ3v) is 5.30. The number of hydrogen-bond donors (Lipinski definition) is 0. The summed E-state index contributed by atoms with van der Waals surface area (Å²) in [4.78, 5) is 19.9. The minimum atomic E-state index is -0.989. The molecule has 2 aromatic heterocycles. The van der Waals surface area contributed by atoms with E-state index in [1.807, 2.05) is 24.3 Å². The first-order valence-corrected chi connectivity index (χ1v) is 8.85. The Hall–Kier alpha value is -2.99. The number of halogens is 1. The van der Waals surface area contributed by atoms with Crippen molar-refractivity contribution < 1.29 is 18.7 Å². The lowest BCUT2D eigenvalue weighted by atomic mass is 9.80. The van der Waals surface area contributed by atoms with Crippen LogP contribution >= 0.6 is 11.6 Å². The number of anilines is 1. The fraction of sp³-hybridized carbons (Fsp3) is 0.200. The van der Waals surface area contributed by atoms with Gasteiger partial charge in [-0.25, -0.2) is 4.98 Å². The molecule has 1 atom stereocenters. The third-order valence-electron chi connectivity index (χ3n) is 5.10. The summed E-state index contributed by atoms with van der Waals surface area (Å²) in [7, 11) is 1.55. The van der Waals surface area contributed by atoms with Gasteiger partial charge in [-0.1, -0.05) is 18.2 Å². The molecular weight excluding hydrogens is 368 g/mol. The molecule has 1 aromatic carbocycles. The molecule has 3 aromatic rings. The summed E-state index contributed by atoms with van der Waals surface area (Å²) < 4.78 is 16.6. The molecule has 1 unspecified atom stereocenters. The number of fused-ring (bicyclic) bond motifs is 4. The molecule has 5 rings (SSSR count). The zero-order chi connectivity index (χ0) is 18.6. The number of amides is 1. The predicted molar refractivity (Wildman–Crippen MR) is 98.4 cm³/mol. The van der Waals surface area contributed by atoms with Crippen LogP contribution in [0.3, 0.4) is 0 Å². The lowest BCUT2D eigenvalue weighted by molar-refractivity contribution is -0.122. The molecular formula is C20H15ClN2O4. The van der Waals surface area contributed by atoms with Crippen LogP contribution in [-0.2, 0) is 16.8 Å². The van der Waals surface area contributed by atoms with Crippen molar-refractivity contribution in [3.63, 3.8) is 0 Å². The molecule has 1 amide bonds. The van der Waals surface area contributed by atoms with Gasteiger partial charge in [0.15, 0.2) is 10.6 Å². The lowest BCUT2D eigenvalue weighted by Gasteiger charge is -2.21. The molecule has 4 heterocycles. The number of pyridine rings is 1. The molecule has 2 aliphatic rings. The minimum Gasteiger partial charge on any atom is -0.490 e. The molecule has 2 aliphatic heterocycles. The first-order valence-electron chi connectivity index (χ1n) is 8.47. The second-order valence-corrected chi connectivity index (χ2v) is 6.88. The van der Waals surface area contributed by atoms with Crippen LogP contribution in [0.5, 0.6) is 11.6 Å². The molecule has 7 heteroatoms. The molecule has 1 spiro atoms. The van der Waals surface area contributed by atoms with E-state index in [0.717, 1.165) is 11.3 Å². The molecule has 0 saturated heterocycles. The first-order chi connectivity index (χ1) is 13.1. The Morgan fingerprint density at radius 2 is 2.07 bits per heavy atom. The maximum absolute atomic E-state index is 13.7. The summed E-state index contributed by atoms with van der Waals surface area (Å²) in [5.41, 5.74) is 1.28. The van der Waals surface area contributed by atoms with E-state index in [2.05, 4.69) is 4.98 Å². The fourth-order valence-corrected chi connectivity index (χ4v) is 4.02. The molecule has 0 N–H and O–H groups in total. The Bertz CT molecular complexity index is 1060. The number of aromatic nitrogens is 1. The van der Waals surface area contributed by atoms with Crippen molar-refractivity contribution in [3.8, 4) is 11.6 Å². The molecule has 0 radical (unpaired) electrons. The molecule has 6 nitrogen and oxygen atoms in total. The van der Waals surface area contributed by atoms with Gasteiger partial charge in [-0.2, -0.15) is 0 Å². The van der Waals surface area contributed by atoms with Crippen LogP contribution in [0.25, 0.3) is 0 Å². The zero-order valence-corrected chi connectivity index (χ0v) is 15.2. The smallest absolute Gasteiger partial charge is 0.247 e. The summed E-state index contributed by atoms with van der Waals surface area (Å²) in [6.45, 7) is 0.484. The Morgan fingerprint density at radius 3 is 2.85 bits per heavy atom. The molecule has 0 aliphatic carbocycles. The minimum absolute atomic E-state index is 0.101. The maximum Gasteiger partial charge on any atom is 0.247 e. The standard InChI is InChI=1S/C20H15ClN2O4/c1-25-17-9-7-15-18(22-17)20(11-26-15)13-4-2-3-5-14(13)23(19(20)24)10-12-6-8-16(21)27-12/h2-9H,10-11H2,1H3. The normalized spacial score (nSPS) is 19.9. The lowest BCUT2D eigenvalue weighted by Crippen LogP contribution is -2.42. The van der Waals surface area contributed by atoms with Crippen molar-refractivity contribution >= 4 is 23.2 Å². The molecule has 0 fully saturated rings. The average molecular weight is 383 g/mol. The van der Waals surface area contributed by atoms with E-state index in [1.165, 1.54) is 0 Å². The summed E-state index contributed by atoms with van der Waals surface area (Å²) in [5, 5.41) is 0.292. The van der Waals surface area contributed by atoms with Gasteiger partial charge in [0.05, 0.1) is 13.7 Å². The predicted octanol–water partition coefficient (Wildman–Crippen LogP) is 3.56. The average Bonchev–Trinajstić information content (AvgIpc) is 3.34. The molecule has 0 bridgehead atoms. The Morgan fingerprint density at radius 1 is 1.22 bits per heavy atom. The number of carbonyl (C=O) groups excluding carboxylic acids is 1. The van der Waals surface area contributed by atoms with E-state index in [-0.39, 0.29) is 19.1 Å². The number of benzene rings is 1. The number of ether oxygens (including phenoxy) is 2. The van der Waals surface area contributed by atoms with E-state index < -0.39 is 5.41 Å². The highest BCUT2D eigenvalue weighted by molar-refractivity contribution is 6.28. The largest absolute Gasteiger partial charge is 0.490 e. The van der Waals surface area contributed by atoms with E-state index >= 15 is 0 Å². The zero-order valence-electron chi connectivity index (χ0n) is 14.4. The van der Waals surface area contributed by atoms with Crippen LogP contribution in [0.2, 0.25) is 5.22 Å². The van der Waals surface area contributed by atoms with Crippen LogP contribution in [0.1, 0.15) is 17.0 Å². The summed E-state index contributed by atoms with van der Waals surface area (Å²) >= 11 is 5.89. The van der Waals surface area contributed by atoms with E-state index in [9.17, 15) is 4.79 Å². The van der Waals surface area contributed by atoms with Gasteiger partial charge in [-0.15, -0.1) is 0 Å². The van der Waals surface area contributed by atoms with Crippen LogP contribution in [0, 0.1) is 0 Å². The monoisotopic (exact) mass is 382 g/mol. The molecule has 136 valence electrons. The number of furan rings is 1. The number of methoxy groups -OCH3 is 1. The van der Waals surface area contributed by atoms with Gasteiger partial charge in [0, 0.05) is 17.3 Å². The van der Waals surface area contributed by atoms with Gasteiger partial charge in [-0.3, -0.25) is 4.79 Å². The van der Waals surface area contributed by atoms with E-state index in [0.29, 0.717) is 28.3 Å². The van der Waals surface area contributed by atoms with Crippen molar-refractivity contribution in [1.82, 2.24) is 4.98 Å². The van der Waals surface area contributed by atoms with Gasteiger partial charge in [0.2, 0.25) is 11.8 Å². The molecule has 0 saturated carbocycles. The number of para-hydroxylation sites is 1. The van der Waals surface area contributed by atoms with Crippen LogP contribution in [0.15, 0.2) is 52.9 Å². The van der Waals surface area contributed by atoms with Gasteiger partial charge < -0.3 is 18.8 Å². The molecule has 27 heavy (non-hydrogen) atoms. The summed E-state index contributed by atoms with van der Waals surface area (Å²) in [6.07, 6.45) is 0. The van der Waals surface area contributed by atoms with Gasteiger partial charge >= 0.3 is 0 Å². The summed E-state index contributed by atoms with van der Waals surface area (Å²) in [6, 6.07) is 14.6. The van der Waals surface area contributed by atoms with E-state index in [1.54, 1.807) is 36.3 Å². The van der Waals surface area contributed by atoms with Crippen LogP contribution in [-0.4, -0.2) is 24.6 Å². The quantitative estimate of drug-likeness (QED) is 0.693. The van der Waals surface area contributed by atoms with Crippen molar-refractivity contribution in [2.45, 2.75) is 12.0 Å². The second-order valence-electron chi connectivity index (χ2n) is 6.51. The van der Waals surface area contributed by atoms with E-state index in [4.69, 9.17) is 25.5 Å². The second kappa shape index (κ2) is 5.76. The number of carbonyl (C=O) groups is 1. The Kier molecular flexibility index (Phi) is 3.45.